The number of hydrogen-bond acceptors (Lipinski definition) is 3. The van der Waals surface area contributed by atoms with Gasteiger partial charge in [0, 0.05) is 12.3 Å². The first kappa shape index (κ1) is 18.1. The Morgan fingerprint density at radius 1 is 1.43 bits per heavy atom. The molecule has 4 nitrogen and oxygen atoms in total. The fourth-order valence-corrected chi connectivity index (χ4v) is 4.11. The Morgan fingerprint density at radius 2 is 2.17 bits per heavy atom. The van der Waals surface area contributed by atoms with E-state index in [1.165, 1.54) is 5.56 Å². The molecule has 2 amide bonds. The molecule has 0 bridgehead atoms. The van der Waals surface area contributed by atoms with Crippen molar-refractivity contribution in [3.05, 3.63) is 35.4 Å². The number of carbonyl (C=O) groups excluding carboxylic acids is 1. The molecule has 1 heterocycles. The van der Waals surface area contributed by atoms with Crippen molar-refractivity contribution in [1.29, 1.82) is 0 Å². The summed E-state index contributed by atoms with van der Waals surface area (Å²) >= 11 is 1.73. The van der Waals surface area contributed by atoms with Crippen LogP contribution < -0.4 is 10.6 Å². The zero-order chi connectivity index (χ0) is 17.1. The predicted molar refractivity (Wildman–Crippen MR) is 96.8 cm³/mol. The molecule has 1 saturated heterocycles. The van der Waals surface area contributed by atoms with Crippen molar-refractivity contribution in [1.82, 2.24) is 10.6 Å². The molecule has 2 rings (SSSR count). The molecule has 2 atom stereocenters. The first-order valence-electron chi connectivity index (χ1n) is 8.11. The second-order valence-corrected chi connectivity index (χ2v) is 8.67. The number of urea groups is 1. The van der Waals surface area contributed by atoms with Crippen LogP contribution in [-0.4, -0.2) is 34.8 Å². The quantitative estimate of drug-likeness (QED) is 0.791. The van der Waals surface area contributed by atoms with Crippen molar-refractivity contribution in [2.75, 3.05) is 18.1 Å². The summed E-state index contributed by atoms with van der Waals surface area (Å²) in [4.78, 5) is 12.3. The summed E-state index contributed by atoms with van der Waals surface area (Å²) in [6.07, 6.45) is 0.735. The van der Waals surface area contributed by atoms with E-state index >= 15 is 0 Å². The van der Waals surface area contributed by atoms with Gasteiger partial charge in [0.25, 0.3) is 0 Å². The molecule has 1 aromatic carbocycles. The summed E-state index contributed by atoms with van der Waals surface area (Å²) in [5.41, 5.74) is 1.41. The van der Waals surface area contributed by atoms with Gasteiger partial charge in [-0.1, -0.05) is 50.6 Å². The van der Waals surface area contributed by atoms with Crippen molar-refractivity contribution < 1.29 is 9.90 Å². The number of benzene rings is 1. The number of nitrogens with one attached hydrogen (secondary N) is 2. The van der Waals surface area contributed by atoms with E-state index in [1.54, 1.807) is 11.8 Å². The lowest BCUT2D eigenvalue weighted by molar-refractivity contribution is 0.0696. The Hall–Kier alpha value is -1.20. The number of thioether (sulfide) groups is 1. The maximum Gasteiger partial charge on any atom is 0.315 e. The number of aryl methyl sites for hydroxylation is 1. The van der Waals surface area contributed by atoms with Gasteiger partial charge in [0.15, 0.2) is 0 Å². The fraction of sp³-hybridized carbons (Fsp3) is 0.611. The summed E-state index contributed by atoms with van der Waals surface area (Å²) in [6, 6.07) is 7.91. The van der Waals surface area contributed by atoms with Gasteiger partial charge in [0.2, 0.25) is 0 Å². The summed E-state index contributed by atoms with van der Waals surface area (Å²) in [7, 11) is 0. The Kier molecular flexibility index (Phi) is 5.63. The molecule has 1 fully saturated rings. The highest BCUT2D eigenvalue weighted by atomic mass is 32.2. The molecule has 23 heavy (non-hydrogen) atoms. The molecular formula is C18H28N2O2S. The molecule has 1 aromatic rings. The number of rotatable bonds is 4. The van der Waals surface area contributed by atoms with Crippen molar-refractivity contribution >= 4 is 17.8 Å². The summed E-state index contributed by atoms with van der Waals surface area (Å²) < 4.78 is 0. The number of amides is 2. The molecule has 128 valence electrons. The monoisotopic (exact) mass is 336 g/mol. The molecule has 1 aliphatic heterocycles. The van der Waals surface area contributed by atoms with Crippen LogP contribution in [0, 0.1) is 12.3 Å². The van der Waals surface area contributed by atoms with E-state index < -0.39 is 5.60 Å². The van der Waals surface area contributed by atoms with Crippen molar-refractivity contribution in [3.8, 4) is 0 Å². The zero-order valence-electron chi connectivity index (χ0n) is 14.5. The van der Waals surface area contributed by atoms with Crippen LogP contribution in [0.25, 0.3) is 0 Å². The van der Waals surface area contributed by atoms with E-state index in [4.69, 9.17) is 0 Å². The predicted octanol–water partition coefficient (Wildman–Crippen LogP) is 3.25. The summed E-state index contributed by atoms with van der Waals surface area (Å²) in [6.45, 7) is 8.69. The van der Waals surface area contributed by atoms with Gasteiger partial charge in [-0.3, -0.25) is 0 Å². The minimum atomic E-state index is -0.761. The molecule has 2 unspecified atom stereocenters. The Bertz CT molecular complexity index is 548. The molecule has 0 saturated carbocycles. The second kappa shape index (κ2) is 7.14. The van der Waals surface area contributed by atoms with Crippen molar-refractivity contribution in [2.45, 2.75) is 45.8 Å². The lowest BCUT2D eigenvalue weighted by atomic mass is 9.82. The van der Waals surface area contributed by atoms with Gasteiger partial charge in [-0.15, -0.1) is 0 Å². The maximum atomic E-state index is 12.3. The van der Waals surface area contributed by atoms with Gasteiger partial charge < -0.3 is 15.7 Å². The van der Waals surface area contributed by atoms with Crippen LogP contribution in [0.4, 0.5) is 4.79 Å². The van der Waals surface area contributed by atoms with Crippen LogP contribution in [0.5, 0.6) is 0 Å². The molecule has 0 spiro atoms. The van der Waals surface area contributed by atoms with E-state index in [-0.39, 0.29) is 17.5 Å². The highest BCUT2D eigenvalue weighted by Crippen LogP contribution is 2.33. The third kappa shape index (κ3) is 5.15. The number of hydrogen-bond donors (Lipinski definition) is 3. The maximum absolute atomic E-state index is 12.3. The van der Waals surface area contributed by atoms with Crippen molar-refractivity contribution in [2.24, 2.45) is 5.41 Å². The Labute approximate surface area is 143 Å². The standard InChI is InChI=1S/C18H28N2O2S/c1-13-6-5-7-14(10-13)15(17(2,3)4)20-16(21)19-11-18(22)8-9-23-12-18/h5-7,10,15,22H,8-9,11-12H2,1-4H3,(H2,19,20,21). The number of aliphatic hydroxyl groups is 1. The van der Waals surface area contributed by atoms with Gasteiger partial charge in [-0.05, 0) is 30.1 Å². The van der Waals surface area contributed by atoms with E-state index in [2.05, 4.69) is 50.5 Å². The highest BCUT2D eigenvalue weighted by Gasteiger charge is 2.33. The van der Waals surface area contributed by atoms with Gasteiger partial charge in [-0.25, -0.2) is 4.79 Å². The SMILES string of the molecule is Cc1cccc(C(NC(=O)NCC2(O)CCSC2)C(C)(C)C)c1. The van der Waals surface area contributed by atoms with Crippen molar-refractivity contribution in [3.63, 3.8) is 0 Å². The van der Waals surface area contributed by atoms with Crippen LogP contribution in [-0.2, 0) is 0 Å². The molecular weight excluding hydrogens is 308 g/mol. The van der Waals surface area contributed by atoms with Gasteiger partial charge in [0.05, 0.1) is 11.6 Å². The first-order valence-corrected chi connectivity index (χ1v) is 9.26. The summed E-state index contributed by atoms with van der Waals surface area (Å²) in [5.74, 6) is 1.64. The molecule has 1 aliphatic rings. The van der Waals surface area contributed by atoms with E-state index in [9.17, 15) is 9.90 Å². The third-order valence-corrected chi connectivity index (χ3v) is 5.41. The zero-order valence-corrected chi connectivity index (χ0v) is 15.3. The highest BCUT2D eigenvalue weighted by molar-refractivity contribution is 7.99. The van der Waals surface area contributed by atoms with Gasteiger partial charge in [-0.2, -0.15) is 11.8 Å². The minimum Gasteiger partial charge on any atom is -0.387 e. The third-order valence-electron chi connectivity index (χ3n) is 4.18. The van der Waals surface area contributed by atoms with E-state index in [1.807, 2.05) is 12.1 Å². The number of carbonyl (C=O) groups is 1. The van der Waals surface area contributed by atoms with Gasteiger partial charge >= 0.3 is 6.03 Å². The molecule has 3 N–H and O–H groups in total. The lowest BCUT2D eigenvalue weighted by Gasteiger charge is -2.32. The molecule has 0 aromatic heterocycles. The molecule has 0 aliphatic carbocycles. The largest absolute Gasteiger partial charge is 0.387 e. The topological polar surface area (TPSA) is 61.4 Å². The van der Waals surface area contributed by atoms with Crippen LogP contribution in [0.3, 0.4) is 0 Å². The van der Waals surface area contributed by atoms with Crippen LogP contribution in [0.2, 0.25) is 0 Å². The van der Waals surface area contributed by atoms with E-state index in [0.29, 0.717) is 12.3 Å². The minimum absolute atomic E-state index is 0.0880. The second-order valence-electron chi connectivity index (χ2n) is 7.57. The Balaban J connectivity index is 2.02. The fourth-order valence-electron chi connectivity index (χ4n) is 2.81. The van der Waals surface area contributed by atoms with Crippen LogP contribution in [0.1, 0.15) is 44.4 Å². The normalized spacial score (nSPS) is 22.7. The molecule has 0 radical (unpaired) electrons. The lowest BCUT2D eigenvalue weighted by Crippen LogP contribution is -2.48. The van der Waals surface area contributed by atoms with Crippen LogP contribution in [0.15, 0.2) is 24.3 Å². The van der Waals surface area contributed by atoms with Crippen LogP contribution >= 0.6 is 11.8 Å². The van der Waals surface area contributed by atoms with Gasteiger partial charge in [0.1, 0.15) is 0 Å². The Morgan fingerprint density at radius 3 is 2.74 bits per heavy atom. The average molecular weight is 337 g/mol. The van der Waals surface area contributed by atoms with E-state index in [0.717, 1.165) is 17.7 Å². The average Bonchev–Trinajstić information content (AvgIpc) is 2.89. The first-order chi connectivity index (χ1) is 10.7. The molecule has 5 heteroatoms. The summed E-state index contributed by atoms with van der Waals surface area (Å²) in [5, 5.41) is 16.2. The smallest absolute Gasteiger partial charge is 0.315 e.